The molecule has 2 N–H and O–H groups in total. The monoisotopic (exact) mass is 522 g/mol. The summed E-state index contributed by atoms with van der Waals surface area (Å²) in [7, 11) is -2.21. The highest BCUT2D eigenvalue weighted by Crippen LogP contribution is 2.17. The summed E-state index contributed by atoms with van der Waals surface area (Å²) in [6.45, 7) is -0.578. The van der Waals surface area contributed by atoms with Gasteiger partial charge in [-0.1, -0.05) is 54.6 Å². The van der Waals surface area contributed by atoms with Crippen LogP contribution >= 0.6 is 0 Å². The minimum absolute atomic E-state index is 0.0204. The largest absolute Gasteiger partial charge is 0.497 e. The average molecular weight is 523 g/mol. The maximum atomic E-state index is 13.6. The van der Waals surface area contributed by atoms with Crippen LogP contribution < -0.4 is 27.5 Å². The topological polar surface area (TPSA) is 135 Å². The molecular formula is C26H26N4O6S. The molecule has 1 aromatic heterocycles. The molecule has 0 aliphatic rings. The Balaban J connectivity index is 1.96. The molecule has 4 aromatic rings. The molecule has 0 radical (unpaired) electrons. The molecular weight excluding hydrogens is 496 g/mol. The maximum absolute atomic E-state index is 13.6. The van der Waals surface area contributed by atoms with Gasteiger partial charge in [0.15, 0.2) is 9.84 Å². The standard InChI is InChI=1S/C26H26N4O6S/c1-36-21-13-8-12-20(15-21)30-25(32)28(16-19-11-6-7-14-23(19)37(2,34)35)24(31)29(26(30)33)17-22(27)18-9-4-3-5-10-18/h3-15,22H,16-17,27H2,1-2H3. The summed E-state index contributed by atoms with van der Waals surface area (Å²) in [4.78, 5) is 40.6. The molecule has 4 rings (SSSR count). The molecule has 0 fully saturated rings. The van der Waals surface area contributed by atoms with Crippen molar-refractivity contribution < 1.29 is 13.2 Å². The number of aromatic nitrogens is 3. The van der Waals surface area contributed by atoms with Crippen LogP contribution in [0.2, 0.25) is 0 Å². The first-order valence-corrected chi connectivity index (χ1v) is 13.2. The number of nitrogens with two attached hydrogens (primary N) is 1. The molecule has 0 saturated heterocycles. The Kier molecular flexibility index (Phi) is 7.28. The first-order valence-electron chi connectivity index (χ1n) is 11.3. The van der Waals surface area contributed by atoms with Crippen molar-refractivity contribution in [2.75, 3.05) is 13.4 Å². The van der Waals surface area contributed by atoms with Crippen LogP contribution in [-0.2, 0) is 22.9 Å². The molecule has 1 heterocycles. The Labute approximate surface area is 212 Å². The van der Waals surface area contributed by atoms with E-state index in [0.717, 1.165) is 20.0 Å². The van der Waals surface area contributed by atoms with Crippen LogP contribution in [0.4, 0.5) is 0 Å². The summed E-state index contributed by atoms with van der Waals surface area (Å²) in [5.74, 6) is 0.400. The van der Waals surface area contributed by atoms with Gasteiger partial charge in [0.25, 0.3) is 0 Å². The van der Waals surface area contributed by atoms with E-state index in [4.69, 9.17) is 10.5 Å². The van der Waals surface area contributed by atoms with Crippen LogP contribution in [0.3, 0.4) is 0 Å². The van der Waals surface area contributed by atoms with E-state index in [1.165, 1.54) is 31.4 Å². The third-order valence-corrected chi connectivity index (χ3v) is 7.12. The Bertz CT molecular complexity index is 1720. The van der Waals surface area contributed by atoms with Gasteiger partial charge < -0.3 is 10.5 Å². The minimum Gasteiger partial charge on any atom is -0.497 e. The number of hydrogen-bond donors (Lipinski definition) is 1. The first kappa shape index (κ1) is 25.9. The van der Waals surface area contributed by atoms with Crippen LogP contribution in [0.5, 0.6) is 5.75 Å². The normalized spacial score (nSPS) is 12.3. The molecule has 0 amide bonds. The number of rotatable bonds is 8. The Morgan fingerprint density at radius 1 is 0.838 bits per heavy atom. The van der Waals surface area contributed by atoms with E-state index in [2.05, 4.69) is 0 Å². The highest BCUT2D eigenvalue weighted by Gasteiger charge is 2.21. The molecule has 0 aliphatic heterocycles. The quantitative estimate of drug-likeness (QED) is 0.369. The summed E-state index contributed by atoms with van der Waals surface area (Å²) in [6, 6.07) is 20.6. The van der Waals surface area contributed by atoms with Crippen LogP contribution in [0.1, 0.15) is 17.2 Å². The van der Waals surface area contributed by atoms with Gasteiger partial charge in [-0.15, -0.1) is 0 Å². The number of methoxy groups -OCH3 is 1. The van der Waals surface area contributed by atoms with E-state index in [1.54, 1.807) is 48.5 Å². The predicted molar refractivity (Wildman–Crippen MR) is 139 cm³/mol. The summed E-state index contributed by atoms with van der Waals surface area (Å²) in [6.07, 6.45) is 1.04. The highest BCUT2D eigenvalue weighted by atomic mass is 32.2. The van der Waals surface area contributed by atoms with Crippen molar-refractivity contribution in [2.24, 2.45) is 5.73 Å². The van der Waals surface area contributed by atoms with E-state index in [9.17, 15) is 22.8 Å². The molecule has 0 bridgehead atoms. The minimum atomic E-state index is -3.65. The molecule has 0 saturated carbocycles. The predicted octanol–water partition coefficient (Wildman–Crippen LogP) is 1.32. The lowest BCUT2D eigenvalue weighted by Crippen LogP contribution is -2.54. The van der Waals surface area contributed by atoms with Crippen molar-refractivity contribution in [3.63, 3.8) is 0 Å². The van der Waals surface area contributed by atoms with Gasteiger partial charge >= 0.3 is 17.1 Å². The van der Waals surface area contributed by atoms with Crippen LogP contribution in [-0.4, -0.2) is 35.5 Å². The third-order valence-electron chi connectivity index (χ3n) is 5.93. The van der Waals surface area contributed by atoms with Crippen molar-refractivity contribution >= 4 is 9.84 Å². The van der Waals surface area contributed by atoms with Crippen molar-refractivity contribution in [2.45, 2.75) is 24.0 Å². The average Bonchev–Trinajstić information content (AvgIpc) is 2.89. The van der Waals surface area contributed by atoms with Gasteiger partial charge in [-0.3, -0.25) is 0 Å². The van der Waals surface area contributed by atoms with Gasteiger partial charge in [-0.2, -0.15) is 0 Å². The maximum Gasteiger partial charge on any atom is 0.341 e. The van der Waals surface area contributed by atoms with E-state index in [0.29, 0.717) is 11.3 Å². The van der Waals surface area contributed by atoms with Crippen LogP contribution in [0.15, 0.2) is 98.1 Å². The molecule has 10 nitrogen and oxygen atoms in total. The number of ether oxygens (including phenoxy) is 1. The second-order valence-electron chi connectivity index (χ2n) is 8.48. The second kappa shape index (κ2) is 10.4. The van der Waals surface area contributed by atoms with Crippen LogP contribution in [0, 0.1) is 0 Å². The Morgan fingerprint density at radius 3 is 2.16 bits per heavy atom. The molecule has 37 heavy (non-hydrogen) atoms. The van der Waals surface area contributed by atoms with Crippen molar-refractivity contribution in [1.82, 2.24) is 13.7 Å². The summed E-state index contributed by atoms with van der Waals surface area (Å²) >= 11 is 0. The number of sulfone groups is 1. The molecule has 1 atom stereocenters. The van der Waals surface area contributed by atoms with Gasteiger partial charge in [0, 0.05) is 18.4 Å². The van der Waals surface area contributed by atoms with Gasteiger partial charge in [-0.25, -0.2) is 36.5 Å². The molecule has 11 heteroatoms. The smallest absolute Gasteiger partial charge is 0.341 e. The van der Waals surface area contributed by atoms with E-state index in [-0.39, 0.29) is 29.2 Å². The van der Waals surface area contributed by atoms with Gasteiger partial charge in [-0.05, 0) is 29.3 Å². The van der Waals surface area contributed by atoms with E-state index >= 15 is 0 Å². The molecule has 192 valence electrons. The number of benzene rings is 3. The van der Waals surface area contributed by atoms with Crippen molar-refractivity contribution in [3.05, 3.63) is 121 Å². The summed E-state index contributed by atoms with van der Waals surface area (Å²) in [5.41, 5.74) is 4.75. The molecule has 3 aromatic carbocycles. The van der Waals surface area contributed by atoms with Crippen LogP contribution in [0.25, 0.3) is 5.69 Å². The lowest BCUT2D eigenvalue weighted by atomic mass is 10.1. The lowest BCUT2D eigenvalue weighted by Gasteiger charge is -2.18. The SMILES string of the molecule is COc1cccc(-n2c(=O)n(Cc3ccccc3S(C)(=O)=O)c(=O)n(CC(N)c3ccccc3)c2=O)c1. The van der Waals surface area contributed by atoms with Gasteiger partial charge in [0.2, 0.25) is 0 Å². The zero-order valence-corrected chi connectivity index (χ0v) is 21.1. The molecule has 1 unspecified atom stereocenters. The fourth-order valence-electron chi connectivity index (χ4n) is 4.06. The fourth-order valence-corrected chi connectivity index (χ4v) is 5.00. The third kappa shape index (κ3) is 5.32. The number of nitrogens with zero attached hydrogens (tertiary/aromatic N) is 3. The van der Waals surface area contributed by atoms with E-state index < -0.39 is 32.9 Å². The highest BCUT2D eigenvalue weighted by molar-refractivity contribution is 7.90. The van der Waals surface area contributed by atoms with Gasteiger partial charge in [0.05, 0.1) is 30.8 Å². The first-order chi connectivity index (χ1) is 17.6. The number of hydrogen-bond acceptors (Lipinski definition) is 7. The van der Waals surface area contributed by atoms with Crippen molar-refractivity contribution in [3.8, 4) is 11.4 Å². The van der Waals surface area contributed by atoms with Gasteiger partial charge in [0.1, 0.15) is 5.75 Å². The molecule has 0 spiro atoms. The summed E-state index contributed by atoms with van der Waals surface area (Å²) < 4.78 is 32.5. The van der Waals surface area contributed by atoms with E-state index in [1.807, 2.05) is 6.07 Å². The lowest BCUT2D eigenvalue weighted by molar-refractivity contribution is 0.414. The Morgan fingerprint density at radius 2 is 1.49 bits per heavy atom. The fraction of sp³-hybridized carbons (Fsp3) is 0.192. The van der Waals surface area contributed by atoms with Crippen molar-refractivity contribution in [1.29, 1.82) is 0 Å². The molecule has 0 aliphatic carbocycles. The zero-order valence-electron chi connectivity index (χ0n) is 20.3. The summed E-state index contributed by atoms with van der Waals surface area (Å²) in [5, 5.41) is 0. The zero-order chi connectivity index (χ0) is 26.7. The Hall–Kier alpha value is -4.22. The second-order valence-corrected chi connectivity index (χ2v) is 10.5.